The zero-order valence-corrected chi connectivity index (χ0v) is 17.4. The van der Waals surface area contributed by atoms with Gasteiger partial charge >= 0.3 is 0 Å². The van der Waals surface area contributed by atoms with Crippen LogP contribution in [0.4, 0.5) is 5.69 Å². The van der Waals surface area contributed by atoms with Crippen LogP contribution in [0.5, 0.6) is 0 Å². The number of hydrogen-bond acceptors (Lipinski definition) is 3. The van der Waals surface area contributed by atoms with E-state index in [2.05, 4.69) is 17.2 Å². The number of rotatable bonds is 6. The highest BCUT2D eigenvalue weighted by atomic mass is 35.5. The number of benzene rings is 2. The van der Waals surface area contributed by atoms with Crippen molar-refractivity contribution >= 4 is 34.9 Å². The average molecular weight is 423 g/mol. The fourth-order valence-corrected chi connectivity index (χ4v) is 3.31. The van der Waals surface area contributed by atoms with Crippen molar-refractivity contribution in [2.24, 2.45) is 0 Å². The van der Waals surface area contributed by atoms with Crippen LogP contribution in [0.25, 0.3) is 0 Å². The third-order valence-corrected chi connectivity index (χ3v) is 5.11. The van der Waals surface area contributed by atoms with Gasteiger partial charge in [0.2, 0.25) is 11.8 Å². The standard InChI is InChI=1S/C24H23ClN2O3/c25-20-10-8-19(9-11-20)22(28)14-15-23(29)26-16-3-4-18-6-12-21(13-7-18)27-17-2-1-5-24(27)30/h6-13H,1-2,5,14-17H2,(H,26,29). The number of carbonyl (C=O) groups excluding carboxylic acids is 3. The van der Waals surface area contributed by atoms with Gasteiger partial charge in [-0.3, -0.25) is 14.4 Å². The third kappa shape index (κ3) is 6.20. The maximum absolute atomic E-state index is 12.1. The Morgan fingerprint density at radius 2 is 1.73 bits per heavy atom. The summed E-state index contributed by atoms with van der Waals surface area (Å²) in [6, 6.07) is 14.2. The lowest BCUT2D eigenvalue weighted by Crippen LogP contribution is -2.35. The molecule has 0 aromatic heterocycles. The average Bonchev–Trinajstić information content (AvgIpc) is 2.76. The van der Waals surface area contributed by atoms with Gasteiger partial charge in [0.25, 0.3) is 0 Å². The maximum atomic E-state index is 12.1. The number of anilines is 1. The summed E-state index contributed by atoms with van der Waals surface area (Å²) in [5, 5.41) is 3.27. The van der Waals surface area contributed by atoms with Crippen molar-refractivity contribution in [2.45, 2.75) is 32.1 Å². The Morgan fingerprint density at radius 3 is 2.43 bits per heavy atom. The van der Waals surface area contributed by atoms with Crippen LogP contribution in [0, 0.1) is 11.8 Å². The largest absolute Gasteiger partial charge is 0.345 e. The highest BCUT2D eigenvalue weighted by Crippen LogP contribution is 2.21. The molecular formula is C24H23ClN2O3. The summed E-state index contributed by atoms with van der Waals surface area (Å²) in [5.41, 5.74) is 2.25. The van der Waals surface area contributed by atoms with Crippen molar-refractivity contribution < 1.29 is 14.4 Å². The van der Waals surface area contributed by atoms with E-state index in [9.17, 15) is 14.4 Å². The Bertz CT molecular complexity index is 972. The number of halogens is 1. The number of Topliss-reactive ketones (excluding diaryl/α,β-unsaturated/α-hetero) is 1. The first-order chi connectivity index (χ1) is 14.5. The summed E-state index contributed by atoms with van der Waals surface area (Å²) in [7, 11) is 0. The van der Waals surface area contributed by atoms with E-state index >= 15 is 0 Å². The van der Waals surface area contributed by atoms with Crippen LogP contribution in [-0.4, -0.2) is 30.7 Å². The molecule has 1 fully saturated rings. The van der Waals surface area contributed by atoms with Gasteiger partial charge in [-0.25, -0.2) is 0 Å². The van der Waals surface area contributed by atoms with Crippen molar-refractivity contribution in [3.8, 4) is 11.8 Å². The molecule has 0 unspecified atom stereocenters. The van der Waals surface area contributed by atoms with Gasteiger partial charge in [0.15, 0.2) is 5.78 Å². The number of hydrogen-bond donors (Lipinski definition) is 1. The lowest BCUT2D eigenvalue weighted by atomic mass is 10.1. The Labute approximate surface area is 181 Å². The summed E-state index contributed by atoms with van der Waals surface area (Å²) in [5.74, 6) is 5.74. The first-order valence-electron chi connectivity index (χ1n) is 9.98. The number of piperidine rings is 1. The molecule has 1 heterocycles. The fraction of sp³-hybridized carbons (Fsp3) is 0.292. The van der Waals surface area contributed by atoms with E-state index in [1.807, 2.05) is 29.2 Å². The van der Waals surface area contributed by atoms with Gasteiger partial charge in [0.05, 0.1) is 6.54 Å². The molecule has 2 amide bonds. The quantitative estimate of drug-likeness (QED) is 0.565. The Morgan fingerprint density at radius 1 is 1.00 bits per heavy atom. The highest BCUT2D eigenvalue weighted by Gasteiger charge is 2.19. The van der Waals surface area contributed by atoms with Gasteiger partial charge in [-0.05, 0) is 61.4 Å². The summed E-state index contributed by atoms with van der Waals surface area (Å²) in [6.45, 7) is 0.969. The smallest absolute Gasteiger partial charge is 0.226 e. The molecule has 0 radical (unpaired) electrons. The molecule has 1 aliphatic rings. The Kier molecular flexibility index (Phi) is 7.64. The highest BCUT2D eigenvalue weighted by molar-refractivity contribution is 6.30. The van der Waals surface area contributed by atoms with Crippen molar-refractivity contribution in [2.75, 3.05) is 18.0 Å². The number of amides is 2. The van der Waals surface area contributed by atoms with Crippen LogP contribution in [0.1, 0.15) is 48.0 Å². The molecule has 30 heavy (non-hydrogen) atoms. The van der Waals surface area contributed by atoms with Gasteiger partial charge in [-0.2, -0.15) is 0 Å². The fourth-order valence-electron chi connectivity index (χ4n) is 3.19. The van der Waals surface area contributed by atoms with Crippen molar-refractivity contribution in [3.05, 3.63) is 64.7 Å². The molecule has 0 atom stereocenters. The second-order valence-electron chi connectivity index (χ2n) is 7.06. The molecule has 0 saturated carbocycles. The van der Waals surface area contributed by atoms with E-state index in [-0.39, 0.29) is 37.0 Å². The van der Waals surface area contributed by atoms with Gasteiger partial charge in [-0.1, -0.05) is 23.4 Å². The van der Waals surface area contributed by atoms with Gasteiger partial charge in [0, 0.05) is 47.6 Å². The molecule has 0 spiro atoms. The molecule has 1 aliphatic heterocycles. The molecule has 2 aromatic rings. The predicted molar refractivity (Wildman–Crippen MR) is 118 cm³/mol. The topological polar surface area (TPSA) is 66.5 Å². The first-order valence-corrected chi connectivity index (χ1v) is 10.4. The molecule has 0 bridgehead atoms. The first kappa shape index (κ1) is 21.6. The van der Waals surface area contributed by atoms with Gasteiger partial charge in [-0.15, -0.1) is 0 Å². The minimum Gasteiger partial charge on any atom is -0.345 e. The van der Waals surface area contributed by atoms with Crippen molar-refractivity contribution in [1.82, 2.24) is 5.32 Å². The van der Waals surface area contributed by atoms with E-state index in [0.29, 0.717) is 17.0 Å². The predicted octanol–water partition coefficient (Wildman–Crippen LogP) is 3.99. The van der Waals surface area contributed by atoms with E-state index in [0.717, 1.165) is 30.6 Å². The van der Waals surface area contributed by atoms with Crippen LogP contribution in [0.2, 0.25) is 5.02 Å². The number of nitrogens with one attached hydrogen (secondary N) is 1. The lowest BCUT2D eigenvalue weighted by molar-refractivity contribution is -0.121. The number of carbonyl (C=O) groups is 3. The van der Waals surface area contributed by atoms with Crippen molar-refractivity contribution in [3.63, 3.8) is 0 Å². The minimum atomic E-state index is -0.217. The molecule has 0 aliphatic carbocycles. The minimum absolute atomic E-state index is 0.0971. The molecule has 1 saturated heterocycles. The number of ketones is 1. The molecule has 3 rings (SSSR count). The summed E-state index contributed by atoms with van der Waals surface area (Å²) >= 11 is 5.80. The van der Waals surface area contributed by atoms with Gasteiger partial charge < -0.3 is 10.2 Å². The van der Waals surface area contributed by atoms with E-state index in [4.69, 9.17) is 11.6 Å². The van der Waals surface area contributed by atoms with E-state index in [1.54, 1.807) is 24.3 Å². The summed E-state index contributed by atoms with van der Waals surface area (Å²) in [6.07, 6.45) is 2.84. The normalized spacial score (nSPS) is 13.4. The molecule has 2 aromatic carbocycles. The zero-order chi connectivity index (χ0) is 21.3. The monoisotopic (exact) mass is 422 g/mol. The third-order valence-electron chi connectivity index (χ3n) is 4.85. The maximum Gasteiger partial charge on any atom is 0.226 e. The molecular weight excluding hydrogens is 400 g/mol. The molecule has 1 N–H and O–H groups in total. The van der Waals surface area contributed by atoms with Crippen LogP contribution in [0.15, 0.2) is 48.5 Å². The zero-order valence-electron chi connectivity index (χ0n) is 16.6. The second kappa shape index (κ2) is 10.6. The molecule has 5 nitrogen and oxygen atoms in total. The SMILES string of the molecule is O=C(CCC(=O)c1ccc(Cl)cc1)NCC#Cc1ccc(N2CCCCC2=O)cc1. The lowest BCUT2D eigenvalue weighted by Gasteiger charge is -2.26. The summed E-state index contributed by atoms with van der Waals surface area (Å²) < 4.78 is 0. The van der Waals surface area contributed by atoms with E-state index in [1.165, 1.54) is 0 Å². The van der Waals surface area contributed by atoms with Crippen molar-refractivity contribution in [1.29, 1.82) is 0 Å². The van der Waals surface area contributed by atoms with Crippen LogP contribution in [-0.2, 0) is 9.59 Å². The number of nitrogens with zero attached hydrogens (tertiary/aromatic N) is 1. The van der Waals surface area contributed by atoms with Gasteiger partial charge in [0.1, 0.15) is 0 Å². The van der Waals surface area contributed by atoms with Crippen LogP contribution < -0.4 is 10.2 Å². The Balaban J connectivity index is 1.42. The van der Waals surface area contributed by atoms with E-state index < -0.39 is 0 Å². The second-order valence-corrected chi connectivity index (χ2v) is 7.49. The Hall–Kier alpha value is -3.10. The summed E-state index contributed by atoms with van der Waals surface area (Å²) in [4.78, 5) is 37.8. The van der Waals surface area contributed by atoms with Crippen LogP contribution >= 0.6 is 11.6 Å². The molecule has 154 valence electrons. The van der Waals surface area contributed by atoms with Crippen LogP contribution in [0.3, 0.4) is 0 Å². The molecule has 6 heteroatoms.